The number of nitrogens with one attached hydrogen (secondary N) is 1. The van der Waals surface area contributed by atoms with E-state index in [4.69, 9.17) is 15.7 Å². The van der Waals surface area contributed by atoms with Gasteiger partial charge in [0.15, 0.2) is 6.61 Å². The van der Waals surface area contributed by atoms with E-state index in [0.717, 1.165) is 0 Å². The lowest BCUT2D eigenvalue weighted by molar-refractivity contribution is -0.142. The molecule has 0 fully saturated rings. The fourth-order valence-corrected chi connectivity index (χ4v) is 1.82. The number of nitrogens with two attached hydrogens (primary N) is 1. The molecule has 120 valence electrons. The van der Waals surface area contributed by atoms with E-state index < -0.39 is 17.9 Å². The number of imide groups is 1. The highest BCUT2D eigenvalue weighted by Crippen LogP contribution is 2.25. The minimum absolute atomic E-state index is 0.248. The number of urea groups is 1. The van der Waals surface area contributed by atoms with Gasteiger partial charge < -0.3 is 15.2 Å². The largest absolute Gasteiger partial charge is 0.481 e. The Bertz CT molecular complexity index is 709. The molecule has 1 aromatic rings. The summed E-state index contributed by atoms with van der Waals surface area (Å²) in [5.41, 5.74) is 4.83. The van der Waals surface area contributed by atoms with Gasteiger partial charge in [0.05, 0.1) is 7.11 Å². The van der Waals surface area contributed by atoms with Crippen LogP contribution in [0.1, 0.15) is 5.56 Å². The van der Waals surface area contributed by atoms with Crippen LogP contribution >= 0.6 is 15.9 Å². The maximum Gasteiger partial charge on any atom is 0.343 e. The van der Waals surface area contributed by atoms with Crippen LogP contribution in [0.3, 0.4) is 0 Å². The minimum atomic E-state index is -1.08. The van der Waals surface area contributed by atoms with Gasteiger partial charge in [0, 0.05) is 10.0 Å². The van der Waals surface area contributed by atoms with Crippen molar-refractivity contribution in [1.29, 1.82) is 5.26 Å². The molecule has 0 heterocycles. The standard InChI is InChI=1S/C14H12BrN3O5/c1-22-12(19)7-23-11-3-2-10(15)5-8(11)4-9(6-16)13(20)18-14(17)21/h2-5H,7H2,1H3,(H3,17,18,20,21)/b9-4-. The summed E-state index contributed by atoms with van der Waals surface area (Å²) in [6.07, 6.45) is 1.20. The predicted octanol–water partition coefficient (Wildman–Crippen LogP) is 1.10. The molecule has 0 saturated carbocycles. The molecule has 0 radical (unpaired) electrons. The van der Waals surface area contributed by atoms with Crippen LogP contribution in [0.4, 0.5) is 4.79 Å². The molecule has 0 bridgehead atoms. The summed E-state index contributed by atoms with van der Waals surface area (Å²) in [7, 11) is 1.22. The van der Waals surface area contributed by atoms with Crippen LogP contribution in [0, 0.1) is 11.3 Å². The van der Waals surface area contributed by atoms with Crippen molar-refractivity contribution in [3.63, 3.8) is 0 Å². The number of hydrogen-bond acceptors (Lipinski definition) is 6. The van der Waals surface area contributed by atoms with Crippen molar-refractivity contribution >= 4 is 39.9 Å². The zero-order chi connectivity index (χ0) is 17.4. The molecule has 9 heteroatoms. The van der Waals surface area contributed by atoms with Gasteiger partial charge >= 0.3 is 12.0 Å². The van der Waals surface area contributed by atoms with Gasteiger partial charge in [-0.15, -0.1) is 0 Å². The van der Waals surface area contributed by atoms with E-state index in [0.29, 0.717) is 10.0 Å². The van der Waals surface area contributed by atoms with Gasteiger partial charge in [-0.05, 0) is 24.3 Å². The SMILES string of the molecule is COC(=O)COc1ccc(Br)cc1/C=C(/C#N)C(=O)NC(N)=O. The first-order valence-electron chi connectivity index (χ1n) is 6.09. The number of halogens is 1. The molecule has 0 unspecified atom stereocenters. The van der Waals surface area contributed by atoms with Crippen LogP contribution in [0.2, 0.25) is 0 Å². The number of primary amides is 1. The summed E-state index contributed by atoms with van der Waals surface area (Å²) in [6.45, 7) is -0.339. The third-order valence-electron chi connectivity index (χ3n) is 2.45. The van der Waals surface area contributed by atoms with Gasteiger partial charge in [0.1, 0.15) is 17.4 Å². The summed E-state index contributed by atoms with van der Waals surface area (Å²) in [4.78, 5) is 33.5. The van der Waals surface area contributed by atoms with Crippen molar-refractivity contribution in [3.05, 3.63) is 33.8 Å². The zero-order valence-corrected chi connectivity index (χ0v) is 13.5. The van der Waals surface area contributed by atoms with Gasteiger partial charge in [-0.1, -0.05) is 15.9 Å². The van der Waals surface area contributed by atoms with Gasteiger partial charge in [-0.3, -0.25) is 10.1 Å². The number of nitriles is 1. The van der Waals surface area contributed by atoms with E-state index in [2.05, 4.69) is 20.7 Å². The summed E-state index contributed by atoms with van der Waals surface area (Å²) in [5, 5.41) is 10.8. The van der Waals surface area contributed by atoms with Crippen molar-refractivity contribution < 1.29 is 23.9 Å². The van der Waals surface area contributed by atoms with E-state index in [-0.39, 0.29) is 17.9 Å². The fourth-order valence-electron chi connectivity index (χ4n) is 1.44. The van der Waals surface area contributed by atoms with Crippen molar-refractivity contribution in [2.45, 2.75) is 0 Å². The number of nitrogens with zero attached hydrogens (tertiary/aromatic N) is 1. The molecule has 0 aromatic heterocycles. The maximum atomic E-state index is 11.7. The lowest BCUT2D eigenvalue weighted by Crippen LogP contribution is -2.35. The second-order valence-corrected chi connectivity index (χ2v) is 4.95. The van der Waals surface area contributed by atoms with Crippen molar-refractivity contribution in [2.24, 2.45) is 5.73 Å². The molecule has 0 aliphatic rings. The molecule has 1 rings (SSSR count). The van der Waals surface area contributed by atoms with Crippen LogP contribution < -0.4 is 15.8 Å². The van der Waals surface area contributed by atoms with Gasteiger partial charge in [-0.2, -0.15) is 5.26 Å². The normalized spacial score (nSPS) is 10.4. The number of rotatable bonds is 5. The smallest absolute Gasteiger partial charge is 0.343 e. The first-order chi connectivity index (χ1) is 10.9. The van der Waals surface area contributed by atoms with Gasteiger partial charge in [0.25, 0.3) is 5.91 Å². The number of hydrogen-bond donors (Lipinski definition) is 2. The highest BCUT2D eigenvalue weighted by molar-refractivity contribution is 9.10. The second kappa shape index (κ2) is 8.55. The number of carbonyl (C=O) groups is 3. The molecular weight excluding hydrogens is 370 g/mol. The lowest BCUT2D eigenvalue weighted by atomic mass is 10.1. The molecule has 1 aromatic carbocycles. The number of carbonyl (C=O) groups excluding carboxylic acids is 3. The molecule has 0 aliphatic carbocycles. The van der Waals surface area contributed by atoms with Crippen LogP contribution in [0.25, 0.3) is 6.08 Å². The number of amides is 3. The van der Waals surface area contributed by atoms with E-state index in [1.807, 2.05) is 0 Å². The van der Waals surface area contributed by atoms with E-state index in [9.17, 15) is 14.4 Å². The van der Waals surface area contributed by atoms with Crippen LogP contribution in [0.15, 0.2) is 28.2 Å². The van der Waals surface area contributed by atoms with E-state index in [1.54, 1.807) is 29.6 Å². The van der Waals surface area contributed by atoms with Crippen LogP contribution in [-0.4, -0.2) is 31.6 Å². The third kappa shape index (κ3) is 5.80. The Kier molecular flexibility index (Phi) is 6.76. The molecular formula is C14H12BrN3O5. The average molecular weight is 382 g/mol. The van der Waals surface area contributed by atoms with Crippen molar-refractivity contribution in [1.82, 2.24) is 5.32 Å². The Morgan fingerprint density at radius 1 is 1.43 bits per heavy atom. The summed E-state index contributed by atoms with van der Waals surface area (Å²) >= 11 is 3.25. The minimum Gasteiger partial charge on any atom is -0.481 e. The monoisotopic (exact) mass is 381 g/mol. The summed E-state index contributed by atoms with van der Waals surface area (Å²) in [5.74, 6) is -1.29. The average Bonchev–Trinajstić information content (AvgIpc) is 2.50. The maximum absolute atomic E-state index is 11.7. The second-order valence-electron chi connectivity index (χ2n) is 4.04. The molecule has 0 aliphatic heterocycles. The fraction of sp³-hybridized carbons (Fsp3) is 0.143. The molecule has 0 atom stereocenters. The highest BCUT2D eigenvalue weighted by Gasteiger charge is 2.13. The Morgan fingerprint density at radius 3 is 2.70 bits per heavy atom. The van der Waals surface area contributed by atoms with Gasteiger partial charge in [-0.25, -0.2) is 9.59 Å². The zero-order valence-electron chi connectivity index (χ0n) is 12.0. The summed E-state index contributed by atoms with van der Waals surface area (Å²) < 4.78 is 10.4. The number of benzene rings is 1. The van der Waals surface area contributed by atoms with Gasteiger partial charge in [0.2, 0.25) is 0 Å². The third-order valence-corrected chi connectivity index (χ3v) is 2.94. The van der Waals surface area contributed by atoms with Crippen molar-refractivity contribution in [2.75, 3.05) is 13.7 Å². The highest BCUT2D eigenvalue weighted by atomic mass is 79.9. The Morgan fingerprint density at radius 2 is 2.13 bits per heavy atom. The molecule has 3 amide bonds. The quantitative estimate of drug-likeness (QED) is 0.445. The first-order valence-corrected chi connectivity index (χ1v) is 6.88. The predicted molar refractivity (Wildman–Crippen MR) is 83.0 cm³/mol. The van der Waals surface area contributed by atoms with E-state index in [1.165, 1.54) is 13.2 Å². The van der Waals surface area contributed by atoms with Crippen LogP contribution in [-0.2, 0) is 14.3 Å². The first kappa shape index (κ1) is 18.2. The Balaban J connectivity index is 3.13. The number of ether oxygens (including phenoxy) is 2. The number of esters is 1. The molecule has 3 N–H and O–H groups in total. The van der Waals surface area contributed by atoms with Crippen LogP contribution in [0.5, 0.6) is 5.75 Å². The molecule has 0 spiro atoms. The number of methoxy groups -OCH3 is 1. The Hall–Kier alpha value is -2.86. The lowest BCUT2D eigenvalue weighted by Gasteiger charge is -2.09. The van der Waals surface area contributed by atoms with Crippen molar-refractivity contribution in [3.8, 4) is 11.8 Å². The van der Waals surface area contributed by atoms with E-state index >= 15 is 0 Å². The molecule has 8 nitrogen and oxygen atoms in total. The summed E-state index contributed by atoms with van der Waals surface area (Å²) in [6, 6.07) is 5.35. The topological polar surface area (TPSA) is 132 Å². The molecule has 0 saturated heterocycles. The molecule has 23 heavy (non-hydrogen) atoms. The Labute approximate surface area is 140 Å².